The Morgan fingerprint density at radius 3 is 2.41 bits per heavy atom. The largest absolute Gasteiger partial charge is 0.393 e. The Bertz CT molecular complexity index is 236. The number of amides is 1. The molecule has 1 amide bonds. The van der Waals surface area contributed by atoms with Crippen molar-refractivity contribution < 1.29 is 9.90 Å². The maximum absolute atomic E-state index is 11.7. The molecule has 0 bridgehead atoms. The predicted molar refractivity (Wildman–Crippen MR) is 68.8 cm³/mol. The third kappa shape index (κ3) is 5.04. The van der Waals surface area contributed by atoms with E-state index in [1.54, 1.807) is 0 Å². The fourth-order valence-corrected chi connectivity index (χ4v) is 2.47. The molecule has 4 heteroatoms. The first kappa shape index (κ1) is 14.5. The lowest BCUT2D eigenvalue weighted by Gasteiger charge is -2.34. The van der Waals surface area contributed by atoms with Crippen LogP contribution in [-0.4, -0.2) is 47.2 Å². The van der Waals surface area contributed by atoms with Gasteiger partial charge >= 0.3 is 0 Å². The van der Waals surface area contributed by atoms with Crippen LogP contribution in [-0.2, 0) is 4.79 Å². The monoisotopic (exact) mass is 242 g/mol. The Balaban J connectivity index is 2.39. The number of aliphatic hydroxyl groups excluding tert-OH is 1. The molecule has 0 aromatic heterocycles. The van der Waals surface area contributed by atoms with Crippen molar-refractivity contribution in [1.82, 2.24) is 10.2 Å². The minimum Gasteiger partial charge on any atom is -0.393 e. The third-order valence-electron chi connectivity index (χ3n) is 3.39. The van der Waals surface area contributed by atoms with Crippen LogP contribution in [0.15, 0.2) is 0 Å². The van der Waals surface area contributed by atoms with Crippen LogP contribution in [0.25, 0.3) is 0 Å². The van der Waals surface area contributed by atoms with Gasteiger partial charge in [0, 0.05) is 12.1 Å². The van der Waals surface area contributed by atoms with Crippen LogP contribution in [0.4, 0.5) is 0 Å². The zero-order valence-electron chi connectivity index (χ0n) is 11.3. The molecule has 100 valence electrons. The van der Waals surface area contributed by atoms with Gasteiger partial charge in [0.25, 0.3) is 0 Å². The van der Waals surface area contributed by atoms with Crippen molar-refractivity contribution in [2.75, 3.05) is 13.1 Å². The summed E-state index contributed by atoms with van der Waals surface area (Å²) in [5.41, 5.74) is 0. The molecular weight excluding hydrogens is 216 g/mol. The number of nitrogens with one attached hydrogen (secondary N) is 1. The van der Waals surface area contributed by atoms with Crippen molar-refractivity contribution in [3.05, 3.63) is 0 Å². The van der Waals surface area contributed by atoms with Gasteiger partial charge in [-0.2, -0.15) is 0 Å². The second-order valence-electron chi connectivity index (χ2n) is 5.25. The lowest BCUT2D eigenvalue weighted by Crippen LogP contribution is -2.46. The molecule has 2 N–H and O–H groups in total. The summed E-state index contributed by atoms with van der Waals surface area (Å²) in [6.07, 6.45) is 3.61. The molecule has 0 aliphatic heterocycles. The van der Waals surface area contributed by atoms with E-state index in [0.717, 1.165) is 32.2 Å². The van der Waals surface area contributed by atoms with Crippen molar-refractivity contribution in [2.45, 2.75) is 64.6 Å². The Hall–Kier alpha value is -0.610. The van der Waals surface area contributed by atoms with Gasteiger partial charge in [0.2, 0.25) is 5.91 Å². The molecule has 1 aliphatic carbocycles. The van der Waals surface area contributed by atoms with E-state index >= 15 is 0 Å². The summed E-state index contributed by atoms with van der Waals surface area (Å²) < 4.78 is 0. The first-order valence-electron chi connectivity index (χ1n) is 6.74. The highest BCUT2D eigenvalue weighted by atomic mass is 16.3. The van der Waals surface area contributed by atoms with Gasteiger partial charge in [-0.15, -0.1) is 0 Å². The quantitative estimate of drug-likeness (QED) is 0.760. The molecule has 17 heavy (non-hydrogen) atoms. The molecule has 1 rings (SSSR count). The van der Waals surface area contributed by atoms with E-state index in [1.807, 2.05) is 13.8 Å². The third-order valence-corrected chi connectivity index (χ3v) is 3.39. The highest BCUT2D eigenvalue weighted by molar-refractivity contribution is 5.78. The van der Waals surface area contributed by atoms with E-state index in [1.165, 1.54) is 0 Å². The van der Waals surface area contributed by atoms with Crippen molar-refractivity contribution in [3.63, 3.8) is 0 Å². The standard InChI is InChI=1S/C13H26N2O2/c1-4-15(9-13(17)14-10(2)3)11-5-7-12(16)8-6-11/h10-12,16H,4-9H2,1-3H3,(H,14,17). The van der Waals surface area contributed by atoms with E-state index in [2.05, 4.69) is 17.1 Å². The molecule has 1 fully saturated rings. The fraction of sp³-hybridized carbons (Fsp3) is 0.923. The molecule has 0 spiro atoms. The number of likely N-dealkylation sites (N-methyl/N-ethyl adjacent to an activating group) is 1. The number of hydrogen-bond donors (Lipinski definition) is 2. The van der Waals surface area contributed by atoms with Gasteiger partial charge in [-0.1, -0.05) is 6.92 Å². The van der Waals surface area contributed by atoms with E-state index in [0.29, 0.717) is 12.6 Å². The second kappa shape index (κ2) is 6.97. The molecule has 4 nitrogen and oxygen atoms in total. The van der Waals surface area contributed by atoms with Gasteiger partial charge in [0.05, 0.1) is 12.6 Å². The van der Waals surface area contributed by atoms with Crippen molar-refractivity contribution >= 4 is 5.91 Å². The average molecular weight is 242 g/mol. The number of hydrogen-bond acceptors (Lipinski definition) is 3. The molecule has 0 atom stereocenters. The molecule has 1 aliphatic rings. The number of carbonyl (C=O) groups is 1. The number of aliphatic hydroxyl groups is 1. The molecule has 0 aromatic carbocycles. The maximum atomic E-state index is 11.7. The molecule has 0 saturated heterocycles. The molecule has 0 heterocycles. The van der Waals surface area contributed by atoms with E-state index in [-0.39, 0.29) is 18.1 Å². The minimum atomic E-state index is -0.130. The van der Waals surface area contributed by atoms with Crippen molar-refractivity contribution in [2.24, 2.45) is 0 Å². The average Bonchev–Trinajstić information content (AvgIpc) is 2.26. The smallest absolute Gasteiger partial charge is 0.234 e. The molecular formula is C13H26N2O2. The van der Waals surface area contributed by atoms with Crippen LogP contribution in [0.2, 0.25) is 0 Å². The van der Waals surface area contributed by atoms with Crippen LogP contribution in [0.5, 0.6) is 0 Å². The Morgan fingerprint density at radius 1 is 1.35 bits per heavy atom. The van der Waals surface area contributed by atoms with Crippen LogP contribution in [0, 0.1) is 0 Å². The minimum absolute atomic E-state index is 0.105. The molecule has 0 aromatic rings. The fourth-order valence-electron chi connectivity index (χ4n) is 2.47. The van der Waals surface area contributed by atoms with Gasteiger partial charge in [-0.05, 0) is 46.1 Å². The number of carbonyl (C=O) groups excluding carboxylic acids is 1. The second-order valence-corrected chi connectivity index (χ2v) is 5.25. The summed E-state index contributed by atoms with van der Waals surface area (Å²) in [6, 6.07) is 0.663. The van der Waals surface area contributed by atoms with Crippen LogP contribution in [0.3, 0.4) is 0 Å². The summed E-state index contributed by atoms with van der Waals surface area (Å²) in [5.74, 6) is 0.105. The van der Waals surface area contributed by atoms with E-state index in [4.69, 9.17) is 0 Å². The SMILES string of the molecule is CCN(CC(=O)NC(C)C)C1CCC(O)CC1. The van der Waals surface area contributed by atoms with Crippen LogP contribution >= 0.6 is 0 Å². The van der Waals surface area contributed by atoms with Crippen molar-refractivity contribution in [1.29, 1.82) is 0 Å². The Kier molecular flexibility index (Phi) is 5.92. The molecule has 1 saturated carbocycles. The summed E-state index contributed by atoms with van der Waals surface area (Å²) in [6.45, 7) is 7.42. The summed E-state index contributed by atoms with van der Waals surface area (Å²) in [5, 5.41) is 12.4. The number of rotatable bonds is 5. The summed E-state index contributed by atoms with van der Waals surface area (Å²) in [4.78, 5) is 14.0. The van der Waals surface area contributed by atoms with E-state index in [9.17, 15) is 9.90 Å². The van der Waals surface area contributed by atoms with Gasteiger partial charge in [-0.3, -0.25) is 9.69 Å². The van der Waals surface area contributed by atoms with Gasteiger partial charge in [-0.25, -0.2) is 0 Å². The molecule has 0 unspecified atom stereocenters. The van der Waals surface area contributed by atoms with Gasteiger partial charge in [0.15, 0.2) is 0 Å². The Morgan fingerprint density at radius 2 is 1.94 bits per heavy atom. The zero-order chi connectivity index (χ0) is 12.8. The van der Waals surface area contributed by atoms with Gasteiger partial charge in [0.1, 0.15) is 0 Å². The number of nitrogens with zero attached hydrogens (tertiary/aromatic N) is 1. The predicted octanol–water partition coefficient (Wildman–Crippen LogP) is 1.14. The molecule has 0 radical (unpaired) electrons. The van der Waals surface area contributed by atoms with Gasteiger partial charge < -0.3 is 10.4 Å². The summed E-state index contributed by atoms with van der Waals surface area (Å²) in [7, 11) is 0. The Labute approximate surface area is 104 Å². The van der Waals surface area contributed by atoms with E-state index < -0.39 is 0 Å². The van der Waals surface area contributed by atoms with Crippen LogP contribution in [0.1, 0.15) is 46.5 Å². The first-order chi connectivity index (χ1) is 8.02. The lowest BCUT2D eigenvalue weighted by atomic mass is 9.92. The lowest BCUT2D eigenvalue weighted by molar-refractivity contribution is -0.123. The first-order valence-corrected chi connectivity index (χ1v) is 6.74. The summed E-state index contributed by atoms with van der Waals surface area (Å²) >= 11 is 0. The van der Waals surface area contributed by atoms with Crippen LogP contribution < -0.4 is 5.32 Å². The zero-order valence-corrected chi connectivity index (χ0v) is 11.3. The topological polar surface area (TPSA) is 52.6 Å². The highest BCUT2D eigenvalue weighted by Gasteiger charge is 2.25. The highest BCUT2D eigenvalue weighted by Crippen LogP contribution is 2.22. The maximum Gasteiger partial charge on any atom is 0.234 e. The normalized spacial score (nSPS) is 25.3. The van der Waals surface area contributed by atoms with Crippen molar-refractivity contribution in [3.8, 4) is 0 Å².